The molecule has 4 heteroatoms. The Hall–Kier alpha value is -1.13. The first-order valence-corrected chi connectivity index (χ1v) is 5.31. The largest absolute Gasteiger partial charge is 0.332 e. The van der Waals surface area contributed by atoms with E-state index in [1.807, 2.05) is 29.1 Å². The van der Waals surface area contributed by atoms with E-state index in [1.54, 1.807) is 0 Å². The first-order valence-electron chi connectivity index (χ1n) is 5.31. The van der Waals surface area contributed by atoms with Crippen LogP contribution in [0.25, 0.3) is 0 Å². The zero-order valence-electron chi connectivity index (χ0n) is 9.04. The Balaban J connectivity index is 2.04. The third-order valence-electron chi connectivity index (χ3n) is 2.97. The molecule has 4 nitrogen and oxygen atoms in total. The standard InChI is InChI=1S/C11H17N3O/c1-12-6-8-14(9-7-12)11(10-15)13-4-2-3-5-13/h2-5,10-11H,6-9H2,1H3. The van der Waals surface area contributed by atoms with E-state index >= 15 is 0 Å². The maximum atomic E-state index is 11.1. The Morgan fingerprint density at radius 3 is 2.27 bits per heavy atom. The molecule has 0 aromatic carbocycles. The van der Waals surface area contributed by atoms with Crippen LogP contribution in [0.2, 0.25) is 0 Å². The summed E-state index contributed by atoms with van der Waals surface area (Å²) in [4.78, 5) is 15.6. The lowest BCUT2D eigenvalue weighted by Crippen LogP contribution is -2.47. The number of hydrogen-bond acceptors (Lipinski definition) is 3. The first kappa shape index (κ1) is 10.4. The Morgan fingerprint density at radius 2 is 1.73 bits per heavy atom. The van der Waals surface area contributed by atoms with E-state index in [0.29, 0.717) is 0 Å². The van der Waals surface area contributed by atoms with Gasteiger partial charge in [-0.3, -0.25) is 9.69 Å². The Morgan fingerprint density at radius 1 is 1.13 bits per heavy atom. The highest BCUT2D eigenvalue weighted by atomic mass is 16.1. The fourth-order valence-corrected chi connectivity index (χ4v) is 1.96. The maximum absolute atomic E-state index is 11.1. The lowest BCUT2D eigenvalue weighted by molar-refractivity contribution is -0.116. The average Bonchev–Trinajstić information content (AvgIpc) is 2.75. The van der Waals surface area contributed by atoms with Gasteiger partial charge in [-0.15, -0.1) is 0 Å². The smallest absolute Gasteiger partial charge is 0.157 e. The molecule has 0 N–H and O–H groups in total. The van der Waals surface area contributed by atoms with E-state index in [2.05, 4.69) is 16.8 Å². The number of likely N-dealkylation sites (N-methyl/N-ethyl adjacent to an activating group) is 1. The number of carbonyl (C=O) groups excluding carboxylic acids is 1. The van der Waals surface area contributed by atoms with E-state index in [0.717, 1.165) is 32.5 Å². The summed E-state index contributed by atoms with van der Waals surface area (Å²) in [5, 5.41) is 0. The average molecular weight is 207 g/mol. The van der Waals surface area contributed by atoms with Crippen LogP contribution in [0.5, 0.6) is 0 Å². The number of aromatic nitrogens is 1. The van der Waals surface area contributed by atoms with Crippen molar-refractivity contribution in [3.05, 3.63) is 24.5 Å². The normalized spacial score (nSPS) is 21.4. The number of piperazine rings is 1. The van der Waals surface area contributed by atoms with Crippen molar-refractivity contribution in [2.24, 2.45) is 0 Å². The molecule has 1 unspecified atom stereocenters. The lowest BCUT2D eigenvalue weighted by Gasteiger charge is -2.36. The highest BCUT2D eigenvalue weighted by Gasteiger charge is 2.22. The molecule has 1 aliphatic rings. The number of nitrogens with zero attached hydrogens (tertiary/aromatic N) is 3. The number of carbonyl (C=O) groups is 1. The fraction of sp³-hybridized carbons (Fsp3) is 0.545. The van der Waals surface area contributed by atoms with E-state index in [1.165, 1.54) is 0 Å². The van der Waals surface area contributed by atoms with Gasteiger partial charge in [-0.1, -0.05) is 0 Å². The molecule has 15 heavy (non-hydrogen) atoms. The molecule has 1 atom stereocenters. The summed E-state index contributed by atoms with van der Waals surface area (Å²) in [6.45, 7) is 3.98. The molecule has 1 aromatic heterocycles. The number of rotatable bonds is 3. The molecule has 82 valence electrons. The molecule has 0 bridgehead atoms. The van der Waals surface area contributed by atoms with Gasteiger partial charge in [0.2, 0.25) is 0 Å². The van der Waals surface area contributed by atoms with Gasteiger partial charge in [-0.25, -0.2) is 0 Å². The van der Waals surface area contributed by atoms with Crippen molar-refractivity contribution in [1.29, 1.82) is 0 Å². The molecule has 0 saturated carbocycles. The predicted molar refractivity (Wildman–Crippen MR) is 58.6 cm³/mol. The topological polar surface area (TPSA) is 28.5 Å². The molecule has 1 aliphatic heterocycles. The van der Waals surface area contributed by atoms with Crippen LogP contribution in [-0.4, -0.2) is 53.9 Å². The second kappa shape index (κ2) is 4.59. The summed E-state index contributed by atoms with van der Waals surface area (Å²) in [7, 11) is 2.11. The van der Waals surface area contributed by atoms with E-state index < -0.39 is 0 Å². The minimum Gasteiger partial charge on any atom is -0.332 e. The minimum atomic E-state index is -0.131. The van der Waals surface area contributed by atoms with Gasteiger partial charge in [-0.2, -0.15) is 0 Å². The maximum Gasteiger partial charge on any atom is 0.157 e. The second-order valence-electron chi connectivity index (χ2n) is 4.02. The Labute approximate surface area is 90.1 Å². The van der Waals surface area contributed by atoms with Crippen LogP contribution in [0, 0.1) is 0 Å². The van der Waals surface area contributed by atoms with Crippen LogP contribution in [0.15, 0.2) is 24.5 Å². The monoisotopic (exact) mass is 207 g/mol. The van der Waals surface area contributed by atoms with Gasteiger partial charge in [0.25, 0.3) is 0 Å². The highest BCUT2D eigenvalue weighted by molar-refractivity contribution is 5.55. The molecule has 2 rings (SSSR count). The van der Waals surface area contributed by atoms with Gasteiger partial charge in [-0.05, 0) is 19.2 Å². The van der Waals surface area contributed by atoms with Crippen LogP contribution in [0.3, 0.4) is 0 Å². The van der Waals surface area contributed by atoms with E-state index in [9.17, 15) is 4.79 Å². The zero-order chi connectivity index (χ0) is 10.7. The Kier molecular flexibility index (Phi) is 3.18. The van der Waals surface area contributed by atoms with Crippen LogP contribution in [0.1, 0.15) is 6.17 Å². The molecule has 0 spiro atoms. The van der Waals surface area contributed by atoms with Crippen molar-refractivity contribution in [2.45, 2.75) is 6.17 Å². The van der Waals surface area contributed by atoms with Crippen molar-refractivity contribution >= 4 is 6.29 Å². The zero-order valence-corrected chi connectivity index (χ0v) is 9.04. The van der Waals surface area contributed by atoms with E-state index in [-0.39, 0.29) is 6.17 Å². The van der Waals surface area contributed by atoms with Crippen molar-refractivity contribution in [2.75, 3.05) is 33.2 Å². The summed E-state index contributed by atoms with van der Waals surface area (Å²) < 4.78 is 1.96. The molecule has 1 aromatic rings. The predicted octanol–water partition coefficient (Wildman–Crippen LogP) is 0.433. The summed E-state index contributed by atoms with van der Waals surface area (Å²) in [6, 6.07) is 3.90. The van der Waals surface area contributed by atoms with Crippen molar-refractivity contribution in [3.8, 4) is 0 Å². The van der Waals surface area contributed by atoms with E-state index in [4.69, 9.17) is 0 Å². The minimum absolute atomic E-state index is 0.131. The summed E-state index contributed by atoms with van der Waals surface area (Å²) in [5.74, 6) is 0. The van der Waals surface area contributed by atoms with Gasteiger partial charge in [0.15, 0.2) is 6.29 Å². The molecule has 2 heterocycles. The summed E-state index contributed by atoms with van der Waals surface area (Å²) in [5.41, 5.74) is 0. The number of aldehydes is 1. The SMILES string of the molecule is CN1CCN(C(C=O)n2cccc2)CC1. The summed E-state index contributed by atoms with van der Waals surface area (Å²) >= 11 is 0. The van der Waals surface area contributed by atoms with Crippen LogP contribution in [-0.2, 0) is 4.79 Å². The van der Waals surface area contributed by atoms with Crippen LogP contribution in [0.4, 0.5) is 0 Å². The molecular weight excluding hydrogens is 190 g/mol. The molecular formula is C11H17N3O. The number of hydrogen-bond donors (Lipinski definition) is 0. The third kappa shape index (κ3) is 2.27. The Bertz CT molecular complexity index is 302. The van der Waals surface area contributed by atoms with Crippen molar-refractivity contribution < 1.29 is 4.79 Å². The lowest BCUT2D eigenvalue weighted by atomic mass is 10.3. The molecule has 0 amide bonds. The molecule has 0 aliphatic carbocycles. The highest BCUT2D eigenvalue weighted by Crippen LogP contribution is 2.13. The molecule has 0 radical (unpaired) electrons. The van der Waals surface area contributed by atoms with Crippen molar-refractivity contribution in [1.82, 2.24) is 14.4 Å². The van der Waals surface area contributed by atoms with Gasteiger partial charge in [0.05, 0.1) is 0 Å². The van der Waals surface area contributed by atoms with Gasteiger partial charge in [0, 0.05) is 38.6 Å². The van der Waals surface area contributed by atoms with Crippen LogP contribution >= 0.6 is 0 Å². The third-order valence-corrected chi connectivity index (χ3v) is 2.97. The van der Waals surface area contributed by atoms with Crippen molar-refractivity contribution in [3.63, 3.8) is 0 Å². The second-order valence-corrected chi connectivity index (χ2v) is 4.02. The molecule has 1 fully saturated rings. The first-order chi connectivity index (χ1) is 7.31. The van der Waals surface area contributed by atoms with Crippen LogP contribution < -0.4 is 0 Å². The van der Waals surface area contributed by atoms with Gasteiger partial charge < -0.3 is 9.47 Å². The quantitative estimate of drug-likeness (QED) is 0.673. The fourth-order valence-electron chi connectivity index (χ4n) is 1.96. The molecule has 1 saturated heterocycles. The van der Waals surface area contributed by atoms with Gasteiger partial charge >= 0.3 is 0 Å². The summed E-state index contributed by atoms with van der Waals surface area (Å²) in [6.07, 6.45) is 4.77. The van der Waals surface area contributed by atoms with Gasteiger partial charge in [0.1, 0.15) is 6.17 Å².